The van der Waals surface area contributed by atoms with Crippen LogP contribution in [-0.4, -0.2) is 70.3 Å². The Hall–Kier alpha value is -0.240. The molecule has 0 saturated carbocycles. The molecule has 0 amide bonds. The smallest absolute Gasteiger partial charge is 0.0534 e. The van der Waals surface area contributed by atoms with E-state index in [0.717, 1.165) is 0 Å². The van der Waals surface area contributed by atoms with Gasteiger partial charge in [0.25, 0.3) is 0 Å². The topological polar surface area (TPSA) is 121 Å². The van der Waals surface area contributed by atoms with Gasteiger partial charge in [-0.2, -0.15) is 0 Å². The lowest BCUT2D eigenvalue weighted by atomic mass is 9.74. The lowest BCUT2D eigenvalue weighted by Crippen LogP contribution is -2.40. The van der Waals surface area contributed by atoms with E-state index >= 15 is 0 Å². The third-order valence-corrected chi connectivity index (χ3v) is 4.34. The van der Waals surface area contributed by atoms with Gasteiger partial charge >= 0.3 is 0 Å². The van der Waals surface area contributed by atoms with Gasteiger partial charge in [0.2, 0.25) is 0 Å². The van der Waals surface area contributed by atoms with Crippen LogP contribution in [0.2, 0.25) is 0 Å². The predicted octanol–water partition coefficient (Wildman–Crippen LogP) is -1.28. The Balaban J connectivity index is 4.40. The third-order valence-electron chi connectivity index (χ3n) is 4.34. The molecule has 0 radical (unpaired) electrons. The molecule has 0 aromatic carbocycles. The van der Waals surface area contributed by atoms with Crippen LogP contribution < -0.4 is 0 Å². The highest BCUT2D eigenvalue weighted by Crippen LogP contribution is 2.32. The highest BCUT2D eigenvalue weighted by Gasteiger charge is 2.35. The van der Waals surface area contributed by atoms with Crippen molar-refractivity contribution in [2.24, 2.45) is 16.7 Å². The minimum atomic E-state index is -0.916. The van der Waals surface area contributed by atoms with Crippen LogP contribution in [0.15, 0.2) is 0 Å². The summed E-state index contributed by atoms with van der Waals surface area (Å²) in [6, 6.07) is 0. The zero-order chi connectivity index (χ0) is 14.9. The normalized spacial score (nSPS) is 14.7. The molecule has 0 aliphatic carbocycles. The van der Waals surface area contributed by atoms with Crippen molar-refractivity contribution >= 4 is 0 Å². The van der Waals surface area contributed by atoms with E-state index in [1.54, 1.807) is 0 Å². The van der Waals surface area contributed by atoms with E-state index in [-0.39, 0.29) is 45.6 Å². The summed E-state index contributed by atoms with van der Waals surface area (Å²) in [4.78, 5) is 0. The number of hydrogen-bond donors (Lipinski definition) is 6. The van der Waals surface area contributed by atoms with Gasteiger partial charge in [-0.05, 0) is 18.8 Å². The molecular weight excluding hydrogens is 252 g/mol. The lowest BCUT2D eigenvalue weighted by Gasteiger charge is -2.35. The minimum absolute atomic E-state index is 0.110. The predicted molar refractivity (Wildman–Crippen MR) is 70.4 cm³/mol. The molecule has 6 N–H and O–H groups in total. The fourth-order valence-corrected chi connectivity index (χ4v) is 2.09. The molecule has 6 nitrogen and oxygen atoms in total. The molecule has 0 rings (SSSR count). The molecular formula is C13H28O6. The van der Waals surface area contributed by atoms with Gasteiger partial charge in [0.15, 0.2) is 0 Å². The van der Waals surface area contributed by atoms with E-state index in [2.05, 4.69) is 0 Å². The summed E-state index contributed by atoms with van der Waals surface area (Å²) in [5.41, 5.74) is -1.81. The molecule has 116 valence electrons. The number of hydrogen-bond acceptors (Lipinski definition) is 6. The van der Waals surface area contributed by atoms with Gasteiger partial charge in [-0.1, -0.05) is 13.3 Å². The summed E-state index contributed by atoms with van der Waals surface area (Å²) >= 11 is 0. The van der Waals surface area contributed by atoms with Crippen LogP contribution in [0.4, 0.5) is 0 Å². The van der Waals surface area contributed by atoms with Crippen molar-refractivity contribution in [2.75, 3.05) is 39.6 Å². The van der Waals surface area contributed by atoms with Crippen molar-refractivity contribution in [1.29, 1.82) is 0 Å². The Morgan fingerprint density at radius 1 is 0.737 bits per heavy atom. The first kappa shape index (κ1) is 18.8. The Morgan fingerprint density at radius 3 is 1.47 bits per heavy atom. The number of aliphatic hydroxyl groups is 6. The summed E-state index contributed by atoms with van der Waals surface area (Å²) in [6.45, 7) is 0.0602. The molecule has 0 heterocycles. The first-order valence-electron chi connectivity index (χ1n) is 6.65. The molecule has 6 heteroatoms. The lowest BCUT2D eigenvalue weighted by molar-refractivity contribution is -0.0403. The number of aliphatic hydroxyl groups excluding tert-OH is 6. The average molecular weight is 280 g/mol. The molecule has 0 bridgehead atoms. The maximum absolute atomic E-state index is 9.30. The second-order valence-electron chi connectivity index (χ2n) is 5.60. The van der Waals surface area contributed by atoms with Crippen molar-refractivity contribution in [3.05, 3.63) is 0 Å². The van der Waals surface area contributed by atoms with Crippen LogP contribution in [0.25, 0.3) is 0 Å². The Morgan fingerprint density at radius 2 is 1.16 bits per heavy atom. The van der Waals surface area contributed by atoms with Crippen LogP contribution in [0.5, 0.6) is 0 Å². The number of rotatable bonds is 11. The van der Waals surface area contributed by atoms with Crippen molar-refractivity contribution in [3.63, 3.8) is 0 Å². The van der Waals surface area contributed by atoms with Crippen LogP contribution >= 0.6 is 0 Å². The Kier molecular flexibility index (Phi) is 8.73. The van der Waals surface area contributed by atoms with Crippen LogP contribution in [-0.2, 0) is 0 Å². The average Bonchev–Trinajstić information content (AvgIpc) is 2.46. The molecule has 0 spiro atoms. The molecule has 0 aliphatic heterocycles. The summed E-state index contributed by atoms with van der Waals surface area (Å²) in [7, 11) is 0. The maximum atomic E-state index is 9.30. The van der Waals surface area contributed by atoms with Crippen molar-refractivity contribution in [2.45, 2.75) is 26.2 Å². The van der Waals surface area contributed by atoms with E-state index in [0.29, 0.717) is 19.3 Å². The first-order chi connectivity index (χ1) is 8.99. The van der Waals surface area contributed by atoms with E-state index in [1.165, 1.54) is 0 Å². The minimum Gasteiger partial charge on any atom is -0.396 e. The molecule has 0 aliphatic rings. The fraction of sp³-hybridized carbons (Fsp3) is 1.00. The van der Waals surface area contributed by atoms with Gasteiger partial charge < -0.3 is 30.6 Å². The highest BCUT2D eigenvalue weighted by atomic mass is 16.3. The van der Waals surface area contributed by atoms with E-state index < -0.39 is 10.8 Å². The molecule has 1 unspecified atom stereocenters. The highest BCUT2D eigenvalue weighted by molar-refractivity contribution is 4.84. The molecule has 19 heavy (non-hydrogen) atoms. The quantitative estimate of drug-likeness (QED) is 0.280. The summed E-state index contributed by atoms with van der Waals surface area (Å²) in [5.74, 6) is -0.110. The summed E-state index contributed by atoms with van der Waals surface area (Å²) in [6.07, 6.45) is 1.67. The molecule has 1 atom stereocenters. The fourth-order valence-electron chi connectivity index (χ4n) is 2.09. The zero-order valence-corrected chi connectivity index (χ0v) is 11.6. The van der Waals surface area contributed by atoms with Gasteiger partial charge in [-0.25, -0.2) is 0 Å². The van der Waals surface area contributed by atoms with Gasteiger partial charge in [0, 0.05) is 10.8 Å². The van der Waals surface area contributed by atoms with E-state index in [4.69, 9.17) is 0 Å². The van der Waals surface area contributed by atoms with Gasteiger partial charge in [-0.3, -0.25) is 0 Å². The Labute approximate surface area is 114 Å². The molecule has 0 fully saturated rings. The van der Waals surface area contributed by atoms with Crippen LogP contribution in [0.1, 0.15) is 26.2 Å². The van der Waals surface area contributed by atoms with E-state index in [1.807, 2.05) is 6.92 Å². The molecule has 0 saturated heterocycles. The third kappa shape index (κ3) is 4.66. The van der Waals surface area contributed by atoms with Crippen LogP contribution in [0, 0.1) is 16.7 Å². The van der Waals surface area contributed by atoms with Crippen molar-refractivity contribution < 1.29 is 30.6 Å². The van der Waals surface area contributed by atoms with Gasteiger partial charge in [0.1, 0.15) is 0 Å². The monoisotopic (exact) mass is 280 g/mol. The largest absolute Gasteiger partial charge is 0.396 e. The van der Waals surface area contributed by atoms with Crippen LogP contribution in [0.3, 0.4) is 0 Å². The summed E-state index contributed by atoms with van der Waals surface area (Å²) < 4.78 is 0. The van der Waals surface area contributed by atoms with Gasteiger partial charge in [0.05, 0.1) is 39.6 Å². The zero-order valence-electron chi connectivity index (χ0n) is 11.6. The first-order valence-corrected chi connectivity index (χ1v) is 6.65. The van der Waals surface area contributed by atoms with Gasteiger partial charge in [-0.15, -0.1) is 0 Å². The maximum Gasteiger partial charge on any atom is 0.0534 e. The molecule has 0 aromatic heterocycles. The second kappa shape index (κ2) is 8.84. The van der Waals surface area contributed by atoms with E-state index in [9.17, 15) is 30.6 Å². The molecule has 0 aromatic rings. The SMILES string of the molecule is CC(CCCC(CO)(CO)CO)C(CO)(CO)CO. The summed E-state index contributed by atoms with van der Waals surface area (Å²) in [5, 5.41) is 55.5. The van der Waals surface area contributed by atoms with Crippen molar-refractivity contribution in [1.82, 2.24) is 0 Å². The Bertz CT molecular complexity index is 209. The van der Waals surface area contributed by atoms with Crippen molar-refractivity contribution in [3.8, 4) is 0 Å². The standard InChI is InChI=1S/C13H28O6/c1-11(13(8-17,9-18)10-19)3-2-4-12(5-14,6-15)7-16/h11,14-19H,2-10H2,1H3. The second-order valence-corrected chi connectivity index (χ2v) is 5.60.